The summed E-state index contributed by atoms with van der Waals surface area (Å²) in [6.07, 6.45) is -5.47. The molecule has 0 saturated heterocycles. The SMILES string of the molecule is CC(C)c1nc(CCOC(N)=O)n(CC(F)(F)F)c1Sc1cc(Cl)cc(Cl)c1. The van der Waals surface area contributed by atoms with Crippen LogP contribution in [0.4, 0.5) is 18.0 Å². The lowest BCUT2D eigenvalue weighted by atomic mass is 10.1. The molecule has 0 atom stereocenters. The van der Waals surface area contributed by atoms with Crippen molar-refractivity contribution in [2.75, 3.05) is 6.61 Å². The Morgan fingerprint density at radius 1 is 1.29 bits per heavy atom. The van der Waals surface area contributed by atoms with Crippen molar-refractivity contribution < 1.29 is 22.7 Å². The molecule has 0 bridgehead atoms. The van der Waals surface area contributed by atoms with Gasteiger partial charge in [-0.2, -0.15) is 13.2 Å². The summed E-state index contributed by atoms with van der Waals surface area (Å²) in [6.45, 7) is 2.27. The van der Waals surface area contributed by atoms with E-state index in [1.807, 2.05) is 13.8 Å². The maximum Gasteiger partial charge on any atom is 0.406 e. The van der Waals surface area contributed by atoms with Crippen molar-refractivity contribution in [3.05, 3.63) is 39.8 Å². The molecule has 1 aromatic carbocycles. The molecule has 1 heterocycles. The summed E-state index contributed by atoms with van der Waals surface area (Å²) >= 11 is 13.1. The quantitative estimate of drug-likeness (QED) is 0.584. The van der Waals surface area contributed by atoms with E-state index in [1.54, 1.807) is 12.1 Å². The van der Waals surface area contributed by atoms with Crippen molar-refractivity contribution in [3.8, 4) is 0 Å². The van der Waals surface area contributed by atoms with E-state index in [0.717, 1.165) is 16.3 Å². The van der Waals surface area contributed by atoms with Crippen LogP contribution in [0.2, 0.25) is 10.0 Å². The van der Waals surface area contributed by atoms with Crippen molar-refractivity contribution >= 4 is 41.1 Å². The van der Waals surface area contributed by atoms with Gasteiger partial charge in [-0.1, -0.05) is 48.8 Å². The number of carbonyl (C=O) groups excluding carboxylic acids is 1. The molecule has 0 saturated carbocycles. The number of aromatic nitrogens is 2. The molecule has 0 aliphatic heterocycles. The lowest BCUT2D eigenvalue weighted by Crippen LogP contribution is -2.22. The Labute approximate surface area is 174 Å². The summed E-state index contributed by atoms with van der Waals surface area (Å²) < 4.78 is 45.4. The molecule has 5 nitrogen and oxygen atoms in total. The third kappa shape index (κ3) is 6.49. The highest BCUT2D eigenvalue weighted by molar-refractivity contribution is 7.99. The molecule has 0 aliphatic rings. The number of ether oxygens (including phenoxy) is 1. The number of hydrogen-bond donors (Lipinski definition) is 1. The maximum atomic E-state index is 13.2. The normalized spacial score (nSPS) is 11.9. The van der Waals surface area contributed by atoms with Crippen LogP contribution in [0.25, 0.3) is 0 Å². The average Bonchev–Trinajstić information content (AvgIpc) is 2.82. The van der Waals surface area contributed by atoms with Crippen LogP contribution in [0.3, 0.4) is 0 Å². The first-order chi connectivity index (χ1) is 13.0. The van der Waals surface area contributed by atoms with Gasteiger partial charge in [0.15, 0.2) is 0 Å². The predicted molar refractivity (Wildman–Crippen MR) is 102 cm³/mol. The Kier molecular flexibility index (Phi) is 7.52. The van der Waals surface area contributed by atoms with E-state index in [9.17, 15) is 18.0 Å². The zero-order chi connectivity index (χ0) is 21.1. The molecule has 154 valence electrons. The first-order valence-electron chi connectivity index (χ1n) is 8.18. The number of rotatable bonds is 7. The van der Waals surface area contributed by atoms with E-state index in [4.69, 9.17) is 28.9 Å². The molecule has 1 aromatic heterocycles. The Hall–Kier alpha value is -1.58. The van der Waals surface area contributed by atoms with E-state index in [-0.39, 0.29) is 24.8 Å². The minimum atomic E-state index is -4.46. The topological polar surface area (TPSA) is 70.1 Å². The lowest BCUT2D eigenvalue weighted by molar-refractivity contribution is -0.142. The van der Waals surface area contributed by atoms with Crippen molar-refractivity contribution in [2.24, 2.45) is 5.73 Å². The van der Waals surface area contributed by atoms with Gasteiger partial charge in [0.1, 0.15) is 24.0 Å². The molecular weight excluding hydrogens is 438 g/mol. The summed E-state index contributed by atoms with van der Waals surface area (Å²) in [6, 6.07) is 4.77. The molecule has 0 spiro atoms. The number of nitrogens with two attached hydrogens (primary N) is 1. The second kappa shape index (κ2) is 9.28. The Bertz CT molecular complexity index is 837. The third-order valence-electron chi connectivity index (χ3n) is 3.53. The summed E-state index contributed by atoms with van der Waals surface area (Å²) in [7, 11) is 0. The largest absolute Gasteiger partial charge is 0.449 e. The van der Waals surface area contributed by atoms with Gasteiger partial charge in [-0.3, -0.25) is 0 Å². The van der Waals surface area contributed by atoms with Gasteiger partial charge >= 0.3 is 12.3 Å². The lowest BCUT2D eigenvalue weighted by Gasteiger charge is -2.15. The van der Waals surface area contributed by atoms with Crippen LogP contribution in [-0.2, 0) is 17.7 Å². The molecule has 28 heavy (non-hydrogen) atoms. The molecule has 0 fully saturated rings. The number of nitrogens with zero attached hydrogens (tertiary/aromatic N) is 2. The highest BCUT2D eigenvalue weighted by Gasteiger charge is 2.32. The van der Waals surface area contributed by atoms with Crippen LogP contribution in [-0.4, -0.2) is 28.4 Å². The minimum absolute atomic E-state index is 0.00436. The van der Waals surface area contributed by atoms with Gasteiger partial charge in [0.05, 0.1) is 5.69 Å². The fourth-order valence-corrected chi connectivity index (χ4v) is 4.38. The minimum Gasteiger partial charge on any atom is -0.449 e. The van der Waals surface area contributed by atoms with Crippen molar-refractivity contribution in [3.63, 3.8) is 0 Å². The third-order valence-corrected chi connectivity index (χ3v) is 5.06. The van der Waals surface area contributed by atoms with Crippen molar-refractivity contribution in [1.29, 1.82) is 0 Å². The summed E-state index contributed by atoms with van der Waals surface area (Å²) in [5.74, 6) is 0.0142. The van der Waals surface area contributed by atoms with Gasteiger partial charge in [0, 0.05) is 21.4 Å². The Morgan fingerprint density at radius 2 is 1.89 bits per heavy atom. The van der Waals surface area contributed by atoms with Crippen LogP contribution in [0.15, 0.2) is 28.1 Å². The summed E-state index contributed by atoms with van der Waals surface area (Å²) in [4.78, 5) is 15.7. The van der Waals surface area contributed by atoms with Gasteiger partial charge in [0.2, 0.25) is 0 Å². The maximum absolute atomic E-state index is 13.2. The predicted octanol–water partition coefficient (Wildman–Crippen LogP) is 5.66. The van der Waals surface area contributed by atoms with Gasteiger partial charge < -0.3 is 15.0 Å². The molecule has 0 unspecified atom stereocenters. The van der Waals surface area contributed by atoms with E-state index in [1.165, 1.54) is 6.07 Å². The number of alkyl halides is 3. The van der Waals surface area contributed by atoms with E-state index in [0.29, 0.717) is 25.7 Å². The number of primary amides is 1. The second-order valence-electron chi connectivity index (χ2n) is 6.20. The van der Waals surface area contributed by atoms with E-state index < -0.39 is 18.8 Å². The zero-order valence-electron chi connectivity index (χ0n) is 15.0. The van der Waals surface area contributed by atoms with Gasteiger partial charge in [-0.15, -0.1) is 0 Å². The standard InChI is InChI=1S/C17H18Cl2F3N3O2S/c1-9(2)14-15(28-12-6-10(18)5-11(19)7-12)25(8-17(20,21)22)13(24-14)3-4-27-16(23)26/h5-7,9H,3-4,8H2,1-2H3,(H2,23,26). The number of benzene rings is 1. The summed E-state index contributed by atoms with van der Waals surface area (Å²) in [5.41, 5.74) is 5.41. The van der Waals surface area contributed by atoms with Crippen LogP contribution in [0, 0.1) is 0 Å². The fraction of sp³-hybridized carbons (Fsp3) is 0.412. The average molecular weight is 456 g/mol. The molecule has 2 aromatic rings. The number of imidazole rings is 1. The zero-order valence-corrected chi connectivity index (χ0v) is 17.3. The molecule has 2 rings (SSSR count). The second-order valence-corrected chi connectivity index (χ2v) is 8.13. The van der Waals surface area contributed by atoms with Crippen LogP contribution < -0.4 is 5.73 Å². The number of amides is 1. The van der Waals surface area contributed by atoms with Crippen molar-refractivity contribution in [1.82, 2.24) is 9.55 Å². The number of halogens is 5. The van der Waals surface area contributed by atoms with Gasteiger partial charge in [-0.25, -0.2) is 9.78 Å². The molecule has 0 aliphatic carbocycles. The Balaban J connectivity index is 2.49. The molecule has 2 N–H and O–H groups in total. The van der Waals surface area contributed by atoms with Crippen LogP contribution in [0.1, 0.15) is 31.3 Å². The van der Waals surface area contributed by atoms with E-state index >= 15 is 0 Å². The number of hydrogen-bond acceptors (Lipinski definition) is 4. The molecular formula is C17H18Cl2F3N3O2S. The van der Waals surface area contributed by atoms with Crippen LogP contribution >= 0.6 is 35.0 Å². The fourth-order valence-electron chi connectivity index (χ4n) is 2.46. The first-order valence-corrected chi connectivity index (χ1v) is 9.75. The van der Waals surface area contributed by atoms with E-state index in [2.05, 4.69) is 9.72 Å². The van der Waals surface area contributed by atoms with Crippen LogP contribution in [0.5, 0.6) is 0 Å². The van der Waals surface area contributed by atoms with Gasteiger partial charge in [-0.05, 0) is 24.1 Å². The van der Waals surface area contributed by atoms with Crippen molar-refractivity contribution in [2.45, 2.75) is 48.8 Å². The molecule has 11 heteroatoms. The summed E-state index contributed by atoms with van der Waals surface area (Å²) in [5, 5.41) is 1.08. The highest BCUT2D eigenvalue weighted by atomic mass is 35.5. The van der Waals surface area contributed by atoms with Gasteiger partial charge in [0.25, 0.3) is 0 Å². The smallest absolute Gasteiger partial charge is 0.406 e. The monoisotopic (exact) mass is 455 g/mol. The number of carbonyl (C=O) groups is 1. The highest BCUT2D eigenvalue weighted by Crippen LogP contribution is 2.38. The molecule has 1 amide bonds. The first kappa shape index (κ1) is 22.7. The molecule has 0 radical (unpaired) electrons. The Morgan fingerprint density at radius 3 is 2.39 bits per heavy atom.